The number of anilines is 3. The van der Waals surface area contributed by atoms with E-state index in [2.05, 4.69) is 185 Å². The highest BCUT2D eigenvalue weighted by molar-refractivity contribution is 6.11. The molecule has 8 aromatic carbocycles. The number of rotatable bonds is 5. The molecular weight excluding hydrogens is 701 g/mol. The molecule has 6 atom stereocenters. The number of para-hydroxylation sites is 2. The van der Waals surface area contributed by atoms with Crippen LogP contribution in [-0.4, -0.2) is 4.57 Å². The highest BCUT2D eigenvalue weighted by Gasteiger charge is 2.69. The van der Waals surface area contributed by atoms with Crippen LogP contribution in [0.3, 0.4) is 0 Å². The Morgan fingerprint density at radius 2 is 1.28 bits per heavy atom. The third kappa shape index (κ3) is 3.98. The number of hydrogen-bond donors (Lipinski definition) is 0. The number of fused-ring (bicyclic) bond motifs is 6. The Morgan fingerprint density at radius 1 is 0.517 bits per heavy atom. The lowest BCUT2D eigenvalue weighted by atomic mass is 9.43. The lowest BCUT2D eigenvalue weighted by Crippen LogP contribution is -2.54. The molecule has 4 saturated carbocycles. The summed E-state index contributed by atoms with van der Waals surface area (Å²) < 4.78 is 2.42. The highest BCUT2D eigenvalue weighted by atomic mass is 15.1. The van der Waals surface area contributed by atoms with E-state index in [0.29, 0.717) is 0 Å². The van der Waals surface area contributed by atoms with Gasteiger partial charge in [0.25, 0.3) is 0 Å². The van der Waals surface area contributed by atoms with Crippen LogP contribution >= 0.6 is 0 Å². The summed E-state index contributed by atoms with van der Waals surface area (Å²) in [6.07, 6.45) is 5.78. The third-order valence-corrected chi connectivity index (χ3v) is 15.6. The molecule has 6 bridgehead atoms. The zero-order valence-corrected chi connectivity index (χ0v) is 32.4. The number of hydrogen-bond acceptors (Lipinski definition) is 1. The largest absolute Gasteiger partial charge is 0.310 e. The van der Waals surface area contributed by atoms with Crippen molar-refractivity contribution in [2.45, 2.75) is 37.0 Å². The average molecular weight is 743 g/mol. The maximum atomic E-state index is 2.57. The molecule has 2 nitrogen and oxygen atoms in total. The number of aromatic nitrogens is 1. The van der Waals surface area contributed by atoms with E-state index in [1.807, 2.05) is 0 Å². The predicted octanol–water partition coefficient (Wildman–Crippen LogP) is 14.5. The maximum absolute atomic E-state index is 2.57. The predicted molar refractivity (Wildman–Crippen MR) is 240 cm³/mol. The van der Waals surface area contributed by atoms with Crippen molar-refractivity contribution in [3.63, 3.8) is 0 Å². The molecule has 0 radical (unpaired) electrons. The molecule has 2 heteroatoms. The SMILES string of the molecule is c1ccc(-n2c3ccccc3c3ccc(N(c4ccc(-c5ccc6c(c5)-c5cccc7c5C65C6CC8CC(C6)C7C5C8)cc4)c4cccc5ccccc45)cc32)cc1. The monoisotopic (exact) mass is 742 g/mol. The molecule has 6 aliphatic carbocycles. The van der Waals surface area contributed by atoms with Gasteiger partial charge in [-0.2, -0.15) is 0 Å². The summed E-state index contributed by atoms with van der Waals surface area (Å²) in [7, 11) is 0. The zero-order chi connectivity index (χ0) is 37.7. The van der Waals surface area contributed by atoms with Gasteiger partial charge in [-0.25, -0.2) is 0 Å². The standard InChI is InChI=1S/C56H42N2/c1-2-12-40(13-3-1)58-52-18-7-6-15-44(52)45-26-25-42(33-53(45)58)57(51-19-8-11-36-10-4-5-14-43(36)51)41-23-20-35(21-24-41)37-22-27-49-48(32-37)46-16-9-17-47-54-38-28-34-29-39(31-38)56(49,55(46)47)50(54)30-34/h1-27,32-34,38-39,50,54H,28-31H2. The fourth-order valence-electron chi connectivity index (χ4n) is 13.8. The van der Waals surface area contributed by atoms with E-state index in [1.165, 1.54) is 91.9 Å². The van der Waals surface area contributed by atoms with Crippen LogP contribution in [0.2, 0.25) is 0 Å². The van der Waals surface area contributed by atoms with Crippen molar-refractivity contribution >= 4 is 49.6 Å². The highest BCUT2D eigenvalue weighted by Crippen LogP contribution is 2.77. The van der Waals surface area contributed by atoms with Crippen LogP contribution in [0.1, 0.15) is 48.3 Å². The third-order valence-electron chi connectivity index (χ3n) is 15.6. The molecule has 0 saturated heterocycles. The van der Waals surface area contributed by atoms with Crippen molar-refractivity contribution in [2.75, 3.05) is 4.90 Å². The van der Waals surface area contributed by atoms with Crippen molar-refractivity contribution in [1.82, 2.24) is 4.57 Å². The van der Waals surface area contributed by atoms with Crippen molar-refractivity contribution in [2.24, 2.45) is 23.7 Å². The van der Waals surface area contributed by atoms with E-state index >= 15 is 0 Å². The first-order valence-electron chi connectivity index (χ1n) is 21.5. The molecule has 58 heavy (non-hydrogen) atoms. The topological polar surface area (TPSA) is 8.17 Å². The van der Waals surface area contributed by atoms with E-state index in [0.717, 1.165) is 41.0 Å². The van der Waals surface area contributed by atoms with Gasteiger partial charge in [-0.1, -0.05) is 121 Å². The molecule has 1 aromatic heterocycles. The summed E-state index contributed by atoms with van der Waals surface area (Å²) in [4.78, 5) is 2.46. The fraction of sp³-hybridized carbons (Fsp3) is 0.179. The van der Waals surface area contributed by atoms with Crippen LogP contribution < -0.4 is 4.90 Å². The Hall–Kier alpha value is -6.38. The van der Waals surface area contributed by atoms with Gasteiger partial charge in [0.2, 0.25) is 0 Å². The summed E-state index contributed by atoms with van der Waals surface area (Å²) in [5, 5.41) is 4.99. The van der Waals surface area contributed by atoms with Gasteiger partial charge >= 0.3 is 0 Å². The first-order valence-corrected chi connectivity index (χ1v) is 21.5. The van der Waals surface area contributed by atoms with Crippen LogP contribution in [0.15, 0.2) is 176 Å². The average Bonchev–Trinajstić information content (AvgIpc) is 3.86. The Balaban J connectivity index is 0.915. The summed E-state index contributed by atoms with van der Waals surface area (Å²) in [5.41, 5.74) is 18.0. The Kier molecular flexibility index (Phi) is 6.22. The quantitative estimate of drug-likeness (QED) is 0.170. The minimum absolute atomic E-state index is 0.258. The van der Waals surface area contributed by atoms with Crippen molar-refractivity contribution < 1.29 is 0 Å². The van der Waals surface area contributed by atoms with E-state index in [9.17, 15) is 0 Å². The normalized spacial score (nSPS) is 24.2. The van der Waals surface area contributed by atoms with Crippen LogP contribution in [0, 0.1) is 23.7 Å². The van der Waals surface area contributed by atoms with Gasteiger partial charge in [0, 0.05) is 38.6 Å². The second-order valence-electron chi connectivity index (χ2n) is 18.1. The molecular formula is C56H42N2. The molecule has 0 N–H and O–H groups in total. The molecule has 1 heterocycles. The van der Waals surface area contributed by atoms with Gasteiger partial charge in [-0.15, -0.1) is 0 Å². The van der Waals surface area contributed by atoms with Crippen LogP contribution in [0.4, 0.5) is 17.1 Å². The first kappa shape index (κ1) is 31.7. The lowest BCUT2D eigenvalue weighted by molar-refractivity contribution is -0.0431. The summed E-state index contributed by atoms with van der Waals surface area (Å²) >= 11 is 0. The fourth-order valence-corrected chi connectivity index (χ4v) is 13.8. The van der Waals surface area contributed by atoms with Gasteiger partial charge < -0.3 is 9.47 Å². The smallest absolute Gasteiger partial charge is 0.0561 e. The Morgan fingerprint density at radius 3 is 2.19 bits per heavy atom. The summed E-state index contributed by atoms with van der Waals surface area (Å²) in [6.45, 7) is 0. The molecule has 276 valence electrons. The lowest BCUT2D eigenvalue weighted by Gasteiger charge is -2.60. The Bertz CT molecular complexity index is 3170. The van der Waals surface area contributed by atoms with Crippen molar-refractivity contribution in [1.29, 1.82) is 0 Å². The van der Waals surface area contributed by atoms with Gasteiger partial charge in [-0.05, 0) is 154 Å². The summed E-state index contributed by atoms with van der Waals surface area (Å²) in [6, 6.07) is 66.3. The second-order valence-corrected chi connectivity index (χ2v) is 18.1. The van der Waals surface area contributed by atoms with Gasteiger partial charge in [-0.3, -0.25) is 0 Å². The molecule has 9 aromatic rings. The Labute approximate surface area is 339 Å². The van der Waals surface area contributed by atoms with E-state index in [4.69, 9.17) is 0 Å². The zero-order valence-electron chi connectivity index (χ0n) is 32.4. The van der Waals surface area contributed by atoms with Crippen molar-refractivity contribution in [3.05, 3.63) is 193 Å². The van der Waals surface area contributed by atoms with Crippen LogP contribution in [0.5, 0.6) is 0 Å². The van der Waals surface area contributed by atoms with E-state index in [1.54, 1.807) is 16.7 Å². The molecule has 6 unspecified atom stereocenters. The van der Waals surface area contributed by atoms with Crippen LogP contribution in [0.25, 0.3) is 60.5 Å². The molecule has 4 fully saturated rings. The van der Waals surface area contributed by atoms with Gasteiger partial charge in [0.1, 0.15) is 0 Å². The molecule has 0 aliphatic heterocycles. The molecule has 0 amide bonds. The maximum Gasteiger partial charge on any atom is 0.0561 e. The first-order chi connectivity index (χ1) is 28.7. The molecule has 1 spiro atoms. The number of nitrogens with zero attached hydrogens (tertiary/aromatic N) is 2. The molecule has 15 rings (SSSR count). The minimum atomic E-state index is 0.258. The molecule has 6 aliphatic rings. The van der Waals surface area contributed by atoms with E-state index in [-0.39, 0.29) is 5.41 Å². The van der Waals surface area contributed by atoms with E-state index < -0.39 is 0 Å². The van der Waals surface area contributed by atoms with Gasteiger partial charge in [0.15, 0.2) is 0 Å². The van der Waals surface area contributed by atoms with Crippen LogP contribution in [-0.2, 0) is 5.41 Å². The van der Waals surface area contributed by atoms with Crippen molar-refractivity contribution in [3.8, 4) is 27.9 Å². The second kappa shape index (κ2) is 11.4. The minimum Gasteiger partial charge on any atom is -0.310 e. The van der Waals surface area contributed by atoms with Gasteiger partial charge in [0.05, 0.1) is 16.7 Å². The summed E-state index contributed by atoms with van der Waals surface area (Å²) in [5.74, 6) is 4.28. The number of benzene rings is 8.